The molecule has 0 bridgehead atoms. The van der Waals surface area contributed by atoms with Crippen LogP contribution in [0.2, 0.25) is 0 Å². The number of hydrogen-bond donors (Lipinski definition) is 1. The van der Waals surface area contributed by atoms with Gasteiger partial charge in [-0.2, -0.15) is 0 Å². The molecule has 0 aliphatic carbocycles. The summed E-state index contributed by atoms with van der Waals surface area (Å²) in [6.07, 6.45) is -0.196. The molecule has 3 aromatic rings. The fourth-order valence-corrected chi connectivity index (χ4v) is 3.59. The van der Waals surface area contributed by atoms with E-state index in [0.717, 1.165) is 17.0 Å². The van der Waals surface area contributed by atoms with Gasteiger partial charge in [0.15, 0.2) is 11.3 Å². The molecular weight excluding hydrogens is 332 g/mol. The first-order valence-electron chi connectivity index (χ1n) is 7.27. The predicted molar refractivity (Wildman–Crippen MR) is 91.5 cm³/mol. The Balaban J connectivity index is 2.30. The molecule has 0 radical (unpaired) electrons. The summed E-state index contributed by atoms with van der Waals surface area (Å²) >= 11 is 0. The van der Waals surface area contributed by atoms with Crippen LogP contribution in [0.5, 0.6) is 11.5 Å². The molecule has 1 heterocycles. The molecule has 0 fully saturated rings. The van der Waals surface area contributed by atoms with Gasteiger partial charge in [-0.05, 0) is 6.07 Å². The lowest BCUT2D eigenvalue weighted by Crippen LogP contribution is -2.11. The highest BCUT2D eigenvalue weighted by atomic mass is 32.2. The van der Waals surface area contributed by atoms with Gasteiger partial charge in [-0.1, -0.05) is 24.3 Å². The summed E-state index contributed by atoms with van der Waals surface area (Å²) in [5, 5.41) is 12.4. The Kier molecular flexibility index (Phi) is 4.15. The summed E-state index contributed by atoms with van der Waals surface area (Å²) < 4.78 is 39.6. The Morgan fingerprint density at radius 1 is 1.08 bits per heavy atom. The first-order valence-corrected chi connectivity index (χ1v) is 9.33. The van der Waals surface area contributed by atoms with E-state index in [0.29, 0.717) is 22.5 Å². The third kappa shape index (κ3) is 2.81. The number of benzene rings is 2. The molecule has 0 aliphatic heterocycles. The molecule has 0 aliphatic rings. The second kappa shape index (κ2) is 5.99. The van der Waals surface area contributed by atoms with Crippen LogP contribution in [0.4, 0.5) is 0 Å². The van der Waals surface area contributed by atoms with Gasteiger partial charge in [-0.15, -0.1) is 0 Å². The molecule has 128 valence electrons. The maximum atomic E-state index is 11.4. The molecule has 7 heteroatoms. The average Bonchev–Trinajstić information content (AvgIpc) is 2.95. The van der Waals surface area contributed by atoms with E-state index < -0.39 is 21.7 Å². The van der Waals surface area contributed by atoms with Crippen molar-refractivity contribution < 1.29 is 27.4 Å². The zero-order valence-electron chi connectivity index (χ0n) is 13.6. The lowest BCUT2D eigenvalue weighted by atomic mass is 10.1. The number of methoxy groups -OCH3 is 2. The lowest BCUT2D eigenvalue weighted by molar-refractivity contribution is 0.174. The highest BCUT2D eigenvalue weighted by Gasteiger charge is 2.24. The van der Waals surface area contributed by atoms with E-state index in [-0.39, 0.29) is 5.76 Å². The highest BCUT2D eigenvalue weighted by molar-refractivity contribution is 7.90. The lowest BCUT2D eigenvalue weighted by Gasteiger charge is -2.11. The molecular formula is C17H18O6S. The maximum Gasteiger partial charge on any atom is 0.180 e. The largest absolute Gasteiger partial charge is 0.495 e. The van der Waals surface area contributed by atoms with Gasteiger partial charge < -0.3 is 19.0 Å². The highest BCUT2D eigenvalue weighted by Crippen LogP contribution is 2.44. The Labute approximate surface area is 139 Å². The predicted octanol–water partition coefficient (Wildman–Crippen LogP) is 2.68. The molecule has 1 aromatic heterocycles. The van der Waals surface area contributed by atoms with Crippen LogP contribution in [0.25, 0.3) is 21.7 Å². The summed E-state index contributed by atoms with van der Waals surface area (Å²) in [6.45, 7) is 0. The first-order chi connectivity index (χ1) is 11.4. The quantitative estimate of drug-likeness (QED) is 0.761. The molecule has 1 N–H and O–H groups in total. The fourth-order valence-electron chi connectivity index (χ4n) is 2.85. The minimum Gasteiger partial charge on any atom is -0.495 e. The number of rotatable bonds is 5. The number of furan rings is 1. The van der Waals surface area contributed by atoms with Crippen molar-refractivity contribution in [2.75, 3.05) is 26.2 Å². The Morgan fingerprint density at radius 3 is 2.21 bits per heavy atom. The van der Waals surface area contributed by atoms with E-state index in [1.54, 1.807) is 13.2 Å². The van der Waals surface area contributed by atoms with E-state index in [2.05, 4.69) is 0 Å². The third-order valence-electron chi connectivity index (χ3n) is 3.82. The van der Waals surface area contributed by atoms with Crippen molar-refractivity contribution in [2.24, 2.45) is 0 Å². The van der Waals surface area contributed by atoms with E-state index in [4.69, 9.17) is 13.9 Å². The van der Waals surface area contributed by atoms with Gasteiger partial charge in [0.1, 0.15) is 27.5 Å². The number of ether oxygens (including phenoxy) is 2. The third-order valence-corrected chi connectivity index (χ3v) is 4.74. The molecule has 1 unspecified atom stereocenters. The van der Waals surface area contributed by atoms with Crippen LogP contribution in [0.1, 0.15) is 11.9 Å². The summed E-state index contributed by atoms with van der Waals surface area (Å²) in [7, 11) is -0.271. The first kappa shape index (κ1) is 16.6. The summed E-state index contributed by atoms with van der Waals surface area (Å²) in [4.78, 5) is 0. The molecule has 24 heavy (non-hydrogen) atoms. The normalized spacial score (nSPS) is 13.3. The number of aliphatic hydroxyl groups is 1. The van der Waals surface area contributed by atoms with Crippen molar-refractivity contribution in [1.82, 2.24) is 0 Å². The van der Waals surface area contributed by atoms with Crippen LogP contribution in [0.3, 0.4) is 0 Å². The number of aliphatic hydroxyl groups excluding tert-OH is 1. The van der Waals surface area contributed by atoms with Crippen LogP contribution >= 0.6 is 0 Å². The zero-order chi connectivity index (χ0) is 17.5. The van der Waals surface area contributed by atoms with Crippen molar-refractivity contribution in [3.8, 4) is 11.5 Å². The summed E-state index contributed by atoms with van der Waals surface area (Å²) in [5.74, 6) is 0.834. The Bertz CT molecular complexity index is 942. The molecule has 6 nitrogen and oxygen atoms in total. The molecule has 0 saturated carbocycles. The number of sulfone groups is 1. The van der Waals surface area contributed by atoms with Crippen LogP contribution in [0, 0.1) is 0 Å². The van der Waals surface area contributed by atoms with Gasteiger partial charge in [0.2, 0.25) is 0 Å². The van der Waals surface area contributed by atoms with Crippen LogP contribution in [-0.2, 0) is 9.84 Å². The number of fused-ring (bicyclic) bond motifs is 2. The van der Waals surface area contributed by atoms with Crippen LogP contribution in [0.15, 0.2) is 34.7 Å². The van der Waals surface area contributed by atoms with E-state index >= 15 is 0 Å². The van der Waals surface area contributed by atoms with Crippen molar-refractivity contribution in [2.45, 2.75) is 6.10 Å². The van der Waals surface area contributed by atoms with E-state index in [1.165, 1.54) is 7.11 Å². The summed E-state index contributed by atoms with van der Waals surface area (Å²) in [5.41, 5.74) is 0.413. The zero-order valence-corrected chi connectivity index (χ0v) is 14.4. The second-order valence-electron chi connectivity index (χ2n) is 5.61. The van der Waals surface area contributed by atoms with Crippen LogP contribution < -0.4 is 9.47 Å². The number of hydrogen-bond acceptors (Lipinski definition) is 6. The van der Waals surface area contributed by atoms with Crippen molar-refractivity contribution in [3.63, 3.8) is 0 Å². The molecule has 2 aromatic carbocycles. The Hall–Kier alpha value is -2.25. The monoisotopic (exact) mass is 350 g/mol. The van der Waals surface area contributed by atoms with Crippen molar-refractivity contribution in [3.05, 3.63) is 36.1 Å². The molecule has 0 saturated heterocycles. The van der Waals surface area contributed by atoms with Gasteiger partial charge in [0.25, 0.3) is 0 Å². The van der Waals surface area contributed by atoms with Crippen molar-refractivity contribution in [1.29, 1.82) is 0 Å². The summed E-state index contributed by atoms with van der Waals surface area (Å²) in [6, 6.07) is 9.13. The van der Waals surface area contributed by atoms with Gasteiger partial charge in [-0.3, -0.25) is 0 Å². The smallest absolute Gasteiger partial charge is 0.180 e. The average molecular weight is 350 g/mol. The standard InChI is InChI=1S/C17H18O6S/c1-21-15-10-6-4-5-7-11(10)16(22-2)17-12(15)8-14(23-17)13(18)9-24(3,19)20/h4-8,13,18H,9H2,1-3H3. The van der Waals surface area contributed by atoms with E-state index in [9.17, 15) is 13.5 Å². The molecule has 1 atom stereocenters. The van der Waals surface area contributed by atoms with Gasteiger partial charge in [-0.25, -0.2) is 8.42 Å². The Morgan fingerprint density at radius 2 is 1.67 bits per heavy atom. The maximum absolute atomic E-state index is 11.4. The van der Waals surface area contributed by atoms with Gasteiger partial charge in [0.05, 0.1) is 25.4 Å². The van der Waals surface area contributed by atoms with Crippen LogP contribution in [-0.4, -0.2) is 39.8 Å². The topological polar surface area (TPSA) is 86.0 Å². The molecule has 0 spiro atoms. The van der Waals surface area contributed by atoms with Gasteiger partial charge >= 0.3 is 0 Å². The minimum absolute atomic E-state index is 0.155. The fraction of sp³-hybridized carbons (Fsp3) is 0.294. The molecule has 0 amide bonds. The minimum atomic E-state index is -3.35. The SMILES string of the molecule is COc1c2ccccc2c(OC)c2oc(C(O)CS(C)(=O)=O)cc12. The second-order valence-corrected chi connectivity index (χ2v) is 7.80. The molecule has 3 rings (SSSR count). The van der Waals surface area contributed by atoms with E-state index in [1.807, 2.05) is 24.3 Å². The van der Waals surface area contributed by atoms with Gasteiger partial charge in [0, 0.05) is 17.0 Å². The van der Waals surface area contributed by atoms with Crippen molar-refractivity contribution >= 4 is 31.6 Å².